The van der Waals surface area contributed by atoms with Crippen molar-refractivity contribution in [1.82, 2.24) is 4.90 Å². The molecule has 0 saturated heterocycles. The van der Waals surface area contributed by atoms with E-state index in [4.69, 9.17) is 17.3 Å². The van der Waals surface area contributed by atoms with Crippen LogP contribution in [0.2, 0.25) is 5.02 Å². The van der Waals surface area contributed by atoms with Gasteiger partial charge in [-0.1, -0.05) is 35.9 Å². The van der Waals surface area contributed by atoms with Gasteiger partial charge in [-0.25, -0.2) is 0 Å². The van der Waals surface area contributed by atoms with E-state index >= 15 is 0 Å². The Morgan fingerprint density at radius 3 is 2.35 bits per heavy atom. The summed E-state index contributed by atoms with van der Waals surface area (Å²) in [5.41, 5.74) is 7.85. The molecule has 0 aliphatic carbocycles. The number of nitrogens with two attached hydrogens (primary N) is 1. The fraction of sp³-hybridized carbons (Fsp3) is 0.133. The lowest BCUT2D eigenvalue weighted by atomic mass is 10.1. The summed E-state index contributed by atoms with van der Waals surface area (Å²) < 4.78 is 0. The Labute approximate surface area is 129 Å². The van der Waals surface area contributed by atoms with Gasteiger partial charge in [0.15, 0.2) is 0 Å². The van der Waals surface area contributed by atoms with Gasteiger partial charge in [-0.3, -0.25) is 4.79 Å². The quantitative estimate of drug-likeness (QED) is 0.880. The summed E-state index contributed by atoms with van der Waals surface area (Å²) in [4.78, 5) is 13.9. The number of halogens is 2. The van der Waals surface area contributed by atoms with Crippen molar-refractivity contribution in [3.8, 4) is 0 Å². The molecule has 0 aromatic heterocycles. The van der Waals surface area contributed by atoms with E-state index in [1.807, 2.05) is 30.3 Å². The maximum Gasteiger partial charge on any atom is 0.255 e. The van der Waals surface area contributed by atoms with Gasteiger partial charge in [-0.2, -0.15) is 0 Å². The van der Waals surface area contributed by atoms with Crippen molar-refractivity contribution in [3.63, 3.8) is 0 Å². The lowest BCUT2D eigenvalue weighted by molar-refractivity contribution is 0.0786. The number of benzene rings is 2. The van der Waals surface area contributed by atoms with E-state index in [9.17, 15) is 4.79 Å². The first-order chi connectivity index (χ1) is 9.08. The fourth-order valence-electron chi connectivity index (χ4n) is 1.83. The average Bonchev–Trinajstić information content (AvgIpc) is 2.41. The van der Waals surface area contributed by atoms with E-state index in [-0.39, 0.29) is 18.3 Å². The Balaban J connectivity index is 0.00000200. The molecule has 3 nitrogen and oxygen atoms in total. The van der Waals surface area contributed by atoms with Crippen LogP contribution in [0.3, 0.4) is 0 Å². The second-order valence-corrected chi connectivity index (χ2v) is 4.81. The molecular weight excluding hydrogens is 295 g/mol. The molecule has 0 aliphatic heterocycles. The van der Waals surface area contributed by atoms with E-state index in [1.54, 1.807) is 30.1 Å². The van der Waals surface area contributed by atoms with Gasteiger partial charge in [0, 0.05) is 24.3 Å². The lowest BCUT2D eigenvalue weighted by Crippen LogP contribution is -2.26. The Kier molecular flexibility index (Phi) is 5.86. The van der Waals surface area contributed by atoms with Crippen molar-refractivity contribution < 1.29 is 4.79 Å². The maximum absolute atomic E-state index is 12.3. The lowest BCUT2D eigenvalue weighted by Gasteiger charge is -2.18. The van der Waals surface area contributed by atoms with E-state index < -0.39 is 0 Å². The number of hydrogen-bond donors (Lipinski definition) is 1. The average molecular weight is 311 g/mol. The molecule has 0 aliphatic rings. The summed E-state index contributed by atoms with van der Waals surface area (Å²) in [6.45, 7) is 0.518. The number of para-hydroxylation sites is 1. The predicted octanol–water partition coefficient (Wildman–Crippen LogP) is 3.62. The molecule has 0 spiro atoms. The van der Waals surface area contributed by atoms with Gasteiger partial charge in [-0.05, 0) is 29.8 Å². The molecule has 2 aromatic carbocycles. The predicted molar refractivity (Wildman–Crippen MR) is 85.4 cm³/mol. The molecule has 0 atom stereocenters. The van der Waals surface area contributed by atoms with Crippen LogP contribution in [0.4, 0.5) is 5.69 Å². The molecule has 5 heteroatoms. The molecule has 0 saturated carbocycles. The van der Waals surface area contributed by atoms with E-state index in [0.29, 0.717) is 22.8 Å². The molecular formula is C15H16Cl2N2O. The number of amides is 1. The first-order valence-electron chi connectivity index (χ1n) is 5.92. The number of carbonyl (C=O) groups excluding carboxylic acids is 1. The minimum absolute atomic E-state index is 0. The normalized spacial score (nSPS) is 9.70. The second-order valence-electron chi connectivity index (χ2n) is 4.37. The minimum atomic E-state index is -0.0898. The largest absolute Gasteiger partial charge is 0.398 e. The molecule has 0 unspecified atom stereocenters. The van der Waals surface area contributed by atoms with Crippen molar-refractivity contribution in [3.05, 3.63) is 64.7 Å². The maximum atomic E-state index is 12.3. The van der Waals surface area contributed by atoms with Gasteiger partial charge < -0.3 is 10.6 Å². The van der Waals surface area contributed by atoms with Gasteiger partial charge in [0.2, 0.25) is 0 Å². The summed E-state index contributed by atoms with van der Waals surface area (Å²) in [5.74, 6) is -0.0898. The second kappa shape index (κ2) is 7.17. The monoisotopic (exact) mass is 310 g/mol. The van der Waals surface area contributed by atoms with Crippen LogP contribution in [0.15, 0.2) is 48.5 Å². The highest BCUT2D eigenvalue weighted by atomic mass is 35.5. The number of rotatable bonds is 3. The Morgan fingerprint density at radius 1 is 1.15 bits per heavy atom. The van der Waals surface area contributed by atoms with Gasteiger partial charge in [0.05, 0.1) is 5.56 Å². The number of nitrogen functional groups attached to an aromatic ring is 1. The minimum Gasteiger partial charge on any atom is -0.398 e. The molecule has 0 fully saturated rings. The zero-order valence-corrected chi connectivity index (χ0v) is 12.6. The third kappa shape index (κ3) is 3.89. The van der Waals surface area contributed by atoms with Gasteiger partial charge in [0.25, 0.3) is 5.91 Å². The van der Waals surface area contributed by atoms with Crippen LogP contribution < -0.4 is 5.73 Å². The van der Waals surface area contributed by atoms with Crippen molar-refractivity contribution in [2.75, 3.05) is 12.8 Å². The summed E-state index contributed by atoms with van der Waals surface area (Å²) in [5, 5.41) is 0.685. The third-order valence-electron chi connectivity index (χ3n) is 2.87. The van der Waals surface area contributed by atoms with E-state index in [2.05, 4.69) is 0 Å². The molecule has 2 rings (SSSR count). The molecule has 20 heavy (non-hydrogen) atoms. The molecule has 1 amide bonds. The van der Waals surface area contributed by atoms with Crippen molar-refractivity contribution in [2.24, 2.45) is 0 Å². The summed E-state index contributed by atoms with van der Waals surface area (Å²) in [6.07, 6.45) is 0. The van der Waals surface area contributed by atoms with Gasteiger partial charge in [0.1, 0.15) is 0 Å². The van der Waals surface area contributed by atoms with Crippen LogP contribution in [-0.2, 0) is 6.54 Å². The summed E-state index contributed by atoms with van der Waals surface area (Å²) in [6, 6.07) is 14.5. The van der Waals surface area contributed by atoms with Crippen LogP contribution in [0.25, 0.3) is 0 Å². The molecule has 0 radical (unpaired) electrons. The smallest absolute Gasteiger partial charge is 0.255 e. The van der Waals surface area contributed by atoms with Crippen molar-refractivity contribution in [1.29, 1.82) is 0 Å². The zero-order valence-electron chi connectivity index (χ0n) is 11.0. The van der Waals surface area contributed by atoms with Crippen LogP contribution >= 0.6 is 24.0 Å². The van der Waals surface area contributed by atoms with Crippen LogP contribution in [-0.4, -0.2) is 17.9 Å². The summed E-state index contributed by atoms with van der Waals surface area (Å²) in [7, 11) is 1.75. The molecule has 2 aromatic rings. The van der Waals surface area contributed by atoms with Crippen LogP contribution in [0.5, 0.6) is 0 Å². The highest BCUT2D eigenvalue weighted by Gasteiger charge is 2.14. The topological polar surface area (TPSA) is 46.3 Å². The first kappa shape index (κ1) is 16.3. The fourth-order valence-corrected chi connectivity index (χ4v) is 1.96. The van der Waals surface area contributed by atoms with Crippen LogP contribution in [0.1, 0.15) is 15.9 Å². The highest BCUT2D eigenvalue weighted by Crippen LogP contribution is 2.15. The third-order valence-corrected chi connectivity index (χ3v) is 3.12. The zero-order chi connectivity index (χ0) is 13.8. The van der Waals surface area contributed by atoms with E-state index in [1.165, 1.54) is 0 Å². The summed E-state index contributed by atoms with van der Waals surface area (Å²) >= 11 is 5.83. The number of carbonyl (C=O) groups is 1. The Bertz CT molecular complexity index is 585. The Hall–Kier alpha value is -1.71. The first-order valence-corrected chi connectivity index (χ1v) is 6.30. The molecule has 0 bridgehead atoms. The van der Waals surface area contributed by atoms with Gasteiger partial charge in [-0.15, -0.1) is 12.4 Å². The number of hydrogen-bond acceptors (Lipinski definition) is 2. The molecule has 0 heterocycles. The van der Waals surface area contributed by atoms with Crippen LogP contribution in [0, 0.1) is 0 Å². The standard InChI is InChI=1S/C15H15ClN2O.ClH/c1-18(10-11-6-8-12(16)9-7-11)15(19)13-4-2-3-5-14(13)17;/h2-9H,10,17H2,1H3;1H. The highest BCUT2D eigenvalue weighted by molar-refractivity contribution is 6.30. The van der Waals surface area contributed by atoms with Gasteiger partial charge >= 0.3 is 0 Å². The molecule has 2 N–H and O–H groups in total. The number of anilines is 1. The Morgan fingerprint density at radius 2 is 1.75 bits per heavy atom. The SMILES string of the molecule is CN(Cc1ccc(Cl)cc1)C(=O)c1ccccc1N.Cl. The number of nitrogens with zero attached hydrogens (tertiary/aromatic N) is 1. The molecule has 106 valence electrons. The van der Waals surface area contributed by atoms with Crippen molar-refractivity contribution in [2.45, 2.75) is 6.54 Å². The van der Waals surface area contributed by atoms with E-state index in [0.717, 1.165) is 5.56 Å². The van der Waals surface area contributed by atoms with Crippen molar-refractivity contribution >= 4 is 35.6 Å².